The second-order valence-corrected chi connectivity index (χ2v) is 4.09. The predicted octanol–water partition coefficient (Wildman–Crippen LogP) is 3.95. The first-order chi connectivity index (χ1) is 7.04. The first-order valence-electron chi connectivity index (χ1n) is 4.70. The number of hydrogen-bond acceptors (Lipinski definition) is 2. The Morgan fingerprint density at radius 2 is 2.13 bits per heavy atom. The minimum Gasteiger partial charge on any atom is -0.459 e. The van der Waals surface area contributed by atoms with Gasteiger partial charge in [-0.15, -0.1) is 0 Å². The summed E-state index contributed by atoms with van der Waals surface area (Å²) < 4.78 is 5.14. The zero-order valence-corrected chi connectivity index (χ0v) is 10.1. The van der Waals surface area contributed by atoms with Gasteiger partial charge in [0.1, 0.15) is 0 Å². The molecule has 0 saturated carbocycles. The van der Waals surface area contributed by atoms with Crippen LogP contribution in [0.1, 0.15) is 30.6 Å². The van der Waals surface area contributed by atoms with Gasteiger partial charge in [0, 0.05) is 5.02 Å². The third-order valence-corrected chi connectivity index (χ3v) is 2.58. The first-order valence-corrected chi connectivity index (χ1v) is 5.46. The van der Waals surface area contributed by atoms with Crippen LogP contribution < -0.4 is 0 Å². The van der Waals surface area contributed by atoms with E-state index in [2.05, 4.69) is 0 Å². The molecule has 0 heterocycles. The van der Waals surface area contributed by atoms with Crippen LogP contribution in [0, 0.1) is 0 Å². The first kappa shape index (κ1) is 12.3. The predicted molar refractivity (Wildman–Crippen MR) is 61.6 cm³/mol. The van der Waals surface area contributed by atoms with Crippen LogP contribution in [0.3, 0.4) is 0 Å². The van der Waals surface area contributed by atoms with Gasteiger partial charge in [0.25, 0.3) is 0 Å². The van der Waals surface area contributed by atoms with Crippen LogP contribution in [0.2, 0.25) is 10.0 Å². The van der Waals surface area contributed by atoms with Crippen LogP contribution in [0.4, 0.5) is 0 Å². The monoisotopic (exact) mass is 246 g/mol. The standard InChI is InChI=1S/C11H12Cl2O2/c1-3-7(2)15-11(14)9-5-4-8(12)6-10(9)13/h4-7H,3H2,1-2H3. The second-order valence-electron chi connectivity index (χ2n) is 3.25. The maximum absolute atomic E-state index is 11.6. The highest BCUT2D eigenvalue weighted by atomic mass is 35.5. The fourth-order valence-electron chi connectivity index (χ4n) is 0.985. The van der Waals surface area contributed by atoms with Gasteiger partial charge in [-0.2, -0.15) is 0 Å². The van der Waals surface area contributed by atoms with E-state index >= 15 is 0 Å². The molecular formula is C11H12Cl2O2. The molecule has 2 nitrogen and oxygen atoms in total. The summed E-state index contributed by atoms with van der Waals surface area (Å²) in [5, 5.41) is 0.816. The normalized spacial score (nSPS) is 12.3. The summed E-state index contributed by atoms with van der Waals surface area (Å²) in [6, 6.07) is 4.70. The van der Waals surface area contributed by atoms with Gasteiger partial charge in [-0.1, -0.05) is 30.1 Å². The summed E-state index contributed by atoms with van der Waals surface area (Å²) in [5.41, 5.74) is 0.348. The van der Waals surface area contributed by atoms with E-state index in [0.29, 0.717) is 15.6 Å². The van der Waals surface area contributed by atoms with Crippen molar-refractivity contribution >= 4 is 29.2 Å². The molecule has 0 saturated heterocycles. The summed E-state index contributed by atoms with van der Waals surface area (Å²) in [6.07, 6.45) is 0.668. The average Bonchev–Trinajstić information content (AvgIpc) is 2.17. The average molecular weight is 247 g/mol. The lowest BCUT2D eigenvalue weighted by atomic mass is 10.2. The van der Waals surface area contributed by atoms with Gasteiger partial charge in [-0.05, 0) is 31.5 Å². The van der Waals surface area contributed by atoms with Crippen molar-refractivity contribution in [2.45, 2.75) is 26.4 Å². The molecule has 0 spiro atoms. The Labute approximate surface area is 99.1 Å². The summed E-state index contributed by atoms with van der Waals surface area (Å²) in [6.45, 7) is 3.78. The molecule has 1 aromatic carbocycles. The van der Waals surface area contributed by atoms with Gasteiger partial charge in [-0.25, -0.2) is 4.79 Å². The third kappa shape index (κ3) is 3.40. The lowest BCUT2D eigenvalue weighted by Gasteiger charge is -2.11. The molecule has 0 aliphatic rings. The van der Waals surface area contributed by atoms with E-state index in [4.69, 9.17) is 27.9 Å². The topological polar surface area (TPSA) is 26.3 Å². The Balaban J connectivity index is 2.82. The number of carbonyl (C=O) groups excluding carboxylic acids is 1. The van der Waals surface area contributed by atoms with E-state index in [1.54, 1.807) is 12.1 Å². The summed E-state index contributed by atoms with van der Waals surface area (Å²) in [4.78, 5) is 11.6. The van der Waals surface area contributed by atoms with Crippen molar-refractivity contribution in [1.29, 1.82) is 0 Å². The maximum atomic E-state index is 11.6. The molecular weight excluding hydrogens is 235 g/mol. The minimum atomic E-state index is -0.411. The van der Waals surface area contributed by atoms with E-state index in [-0.39, 0.29) is 6.10 Å². The van der Waals surface area contributed by atoms with Crippen molar-refractivity contribution in [1.82, 2.24) is 0 Å². The molecule has 0 amide bonds. The van der Waals surface area contributed by atoms with E-state index < -0.39 is 5.97 Å². The van der Waals surface area contributed by atoms with Crippen LogP contribution in [0.15, 0.2) is 18.2 Å². The highest BCUT2D eigenvalue weighted by molar-refractivity contribution is 6.36. The molecule has 0 aromatic heterocycles. The number of halogens is 2. The number of hydrogen-bond donors (Lipinski definition) is 0. The Morgan fingerprint density at radius 1 is 1.47 bits per heavy atom. The van der Waals surface area contributed by atoms with Crippen LogP contribution in [-0.4, -0.2) is 12.1 Å². The van der Waals surface area contributed by atoms with E-state index in [9.17, 15) is 4.79 Å². The SMILES string of the molecule is CCC(C)OC(=O)c1ccc(Cl)cc1Cl. The van der Waals surface area contributed by atoms with Crippen molar-refractivity contribution in [3.05, 3.63) is 33.8 Å². The van der Waals surface area contributed by atoms with Gasteiger partial charge in [0.15, 0.2) is 0 Å². The van der Waals surface area contributed by atoms with Crippen molar-refractivity contribution in [3.63, 3.8) is 0 Å². The Bertz CT molecular complexity index is 364. The van der Waals surface area contributed by atoms with E-state index in [1.165, 1.54) is 6.07 Å². The fraction of sp³-hybridized carbons (Fsp3) is 0.364. The van der Waals surface area contributed by atoms with Gasteiger partial charge in [-0.3, -0.25) is 0 Å². The Hall–Kier alpha value is -0.730. The summed E-state index contributed by atoms with van der Waals surface area (Å²) >= 11 is 11.6. The number of carbonyl (C=O) groups is 1. The smallest absolute Gasteiger partial charge is 0.339 e. The molecule has 0 radical (unpaired) electrons. The van der Waals surface area contributed by atoms with Crippen LogP contribution in [0.5, 0.6) is 0 Å². The number of rotatable bonds is 3. The van der Waals surface area contributed by atoms with E-state index in [0.717, 1.165) is 6.42 Å². The minimum absolute atomic E-state index is 0.107. The molecule has 1 unspecified atom stereocenters. The highest BCUT2D eigenvalue weighted by Gasteiger charge is 2.14. The lowest BCUT2D eigenvalue weighted by Crippen LogP contribution is -2.14. The number of benzene rings is 1. The van der Waals surface area contributed by atoms with Crippen molar-refractivity contribution in [3.8, 4) is 0 Å². The van der Waals surface area contributed by atoms with Crippen LogP contribution in [0.25, 0.3) is 0 Å². The molecule has 1 atom stereocenters. The summed E-state index contributed by atoms with van der Waals surface area (Å²) in [5.74, 6) is -0.411. The lowest BCUT2D eigenvalue weighted by molar-refractivity contribution is 0.0335. The van der Waals surface area contributed by atoms with Crippen LogP contribution in [-0.2, 0) is 4.74 Å². The van der Waals surface area contributed by atoms with Crippen molar-refractivity contribution in [2.75, 3.05) is 0 Å². The van der Waals surface area contributed by atoms with Gasteiger partial charge < -0.3 is 4.74 Å². The molecule has 0 N–H and O–H groups in total. The Morgan fingerprint density at radius 3 is 2.67 bits per heavy atom. The van der Waals surface area contributed by atoms with Crippen molar-refractivity contribution in [2.24, 2.45) is 0 Å². The highest BCUT2D eigenvalue weighted by Crippen LogP contribution is 2.22. The third-order valence-electron chi connectivity index (χ3n) is 2.03. The maximum Gasteiger partial charge on any atom is 0.339 e. The quantitative estimate of drug-likeness (QED) is 0.756. The zero-order valence-electron chi connectivity index (χ0n) is 8.59. The molecule has 1 aromatic rings. The number of ether oxygens (including phenoxy) is 1. The molecule has 15 heavy (non-hydrogen) atoms. The van der Waals surface area contributed by atoms with Crippen molar-refractivity contribution < 1.29 is 9.53 Å². The van der Waals surface area contributed by atoms with Gasteiger partial charge >= 0.3 is 5.97 Å². The van der Waals surface area contributed by atoms with E-state index in [1.807, 2.05) is 13.8 Å². The van der Waals surface area contributed by atoms with Crippen LogP contribution >= 0.6 is 23.2 Å². The zero-order chi connectivity index (χ0) is 11.4. The molecule has 0 bridgehead atoms. The summed E-state index contributed by atoms with van der Waals surface area (Å²) in [7, 11) is 0. The molecule has 0 aliphatic heterocycles. The molecule has 0 aliphatic carbocycles. The Kier molecular flexibility index (Phi) is 4.43. The second kappa shape index (κ2) is 5.38. The molecule has 4 heteroatoms. The molecule has 0 fully saturated rings. The molecule has 1 rings (SSSR count). The largest absolute Gasteiger partial charge is 0.459 e. The number of esters is 1. The van der Waals surface area contributed by atoms with Gasteiger partial charge in [0.2, 0.25) is 0 Å². The fourth-order valence-corrected chi connectivity index (χ4v) is 1.47. The molecule has 82 valence electrons. The van der Waals surface area contributed by atoms with Gasteiger partial charge in [0.05, 0.1) is 16.7 Å².